The monoisotopic (exact) mass is 263 g/mol. The number of hydrogen-bond acceptors (Lipinski definition) is 2. The molecule has 1 rings (SSSR count). The van der Waals surface area contributed by atoms with Crippen LogP contribution in [0.1, 0.15) is 50.3 Å². The van der Waals surface area contributed by atoms with Crippen molar-refractivity contribution in [3.63, 3.8) is 0 Å². The van der Waals surface area contributed by atoms with Crippen LogP contribution in [0.2, 0.25) is 0 Å². The van der Waals surface area contributed by atoms with E-state index >= 15 is 0 Å². The molecule has 0 atom stereocenters. The average Bonchev–Trinajstić information content (AvgIpc) is 2.36. The number of aryl methyl sites for hydroxylation is 1. The Morgan fingerprint density at radius 3 is 2.53 bits per heavy atom. The first kappa shape index (κ1) is 16.2. The van der Waals surface area contributed by atoms with Gasteiger partial charge in [-0.25, -0.2) is 0 Å². The van der Waals surface area contributed by atoms with Crippen LogP contribution in [0.25, 0.3) is 0 Å². The van der Waals surface area contributed by atoms with Crippen LogP contribution in [0.4, 0.5) is 0 Å². The Morgan fingerprint density at radius 2 is 1.95 bits per heavy atom. The molecule has 108 valence electrons. The molecule has 2 N–H and O–H groups in total. The number of benzene rings is 1. The Kier molecular flexibility index (Phi) is 6.02. The molecule has 2 nitrogen and oxygen atoms in total. The van der Waals surface area contributed by atoms with Gasteiger partial charge in [-0.1, -0.05) is 45.9 Å². The second-order valence-corrected chi connectivity index (χ2v) is 6.59. The molecule has 1 aromatic rings. The van der Waals surface area contributed by atoms with Gasteiger partial charge in [0.2, 0.25) is 0 Å². The molecule has 0 aromatic heterocycles. The highest BCUT2D eigenvalue weighted by atomic mass is 16.3. The minimum absolute atomic E-state index is 0.0329. The van der Waals surface area contributed by atoms with Crippen LogP contribution in [-0.4, -0.2) is 24.8 Å². The first-order valence-electron chi connectivity index (χ1n) is 7.27. The molecule has 0 radical (unpaired) electrons. The fourth-order valence-corrected chi connectivity index (χ4v) is 2.03. The molecule has 0 saturated heterocycles. The summed E-state index contributed by atoms with van der Waals surface area (Å²) in [6.45, 7) is 12.8. The minimum atomic E-state index is -0.0329. The second-order valence-electron chi connectivity index (χ2n) is 6.59. The minimum Gasteiger partial charge on any atom is -0.396 e. The topological polar surface area (TPSA) is 32.3 Å². The first-order valence-corrected chi connectivity index (χ1v) is 7.27. The number of nitrogens with one attached hydrogen (secondary N) is 1. The summed E-state index contributed by atoms with van der Waals surface area (Å²) in [4.78, 5) is 0. The molecule has 0 amide bonds. The normalized spacial score (nSPS) is 12.2. The van der Waals surface area contributed by atoms with Crippen LogP contribution < -0.4 is 5.32 Å². The summed E-state index contributed by atoms with van der Waals surface area (Å²) in [5, 5.41) is 12.7. The van der Waals surface area contributed by atoms with E-state index in [1.165, 1.54) is 16.7 Å². The third kappa shape index (κ3) is 5.33. The molecule has 0 fully saturated rings. The second kappa shape index (κ2) is 7.06. The van der Waals surface area contributed by atoms with E-state index in [0.29, 0.717) is 5.92 Å². The van der Waals surface area contributed by atoms with E-state index in [2.05, 4.69) is 58.1 Å². The molecular formula is C17H29NO. The largest absolute Gasteiger partial charge is 0.396 e. The molecule has 1 aromatic carbocycles. The van der Waals surface area contributed by atoms with Crippen LogP contribution in [0.3, 0.4) is 0 Å². The van der Waals surface area contributed by atoms with Gasteiger partial charge in [0.05, 0.1) is 0 Å². The average molecular weight is 263 g/mol. The Bertz CT molecular complexity index is 396. The van der Waals surface area contributed by atoms with Crippen molar-refractivity contribution in [1.29, 1.82) is 0 Å². The number of hydrogen-bond donors (Lipinski definition) is 2. The van der Waals surface area contributed by atoms with E-state index in [1.807, 2.05) is 0 Å². The van der Waals surface area contributed by atoms with Gasteiger partial charge in [0.1, 0.15) is 0 Å². The maximum Gasteiger partial charge on any atom is 0.0494 e. The highest BCUT2D eigenvalue weighted by Crippen LogP contribution is 2.19. The van der Waals surface area contributed by atoms with Gasteiger partial charge in [-0.15, -0.1) is 0 Å². The van der Waals surface area contributed by atoms with Gasteiger partial charge in [0, 0.05) is 18.6 Å². The van der Waals surface area contributed by atoms with Crippen molar-refractivity contribution in [2.45, 2.75) is 47.0 Å². The van der Waals surface area contributed by atoms with Gasteiger partial charge in [-0.05, 0) is 42.5 Å². The lowest BCUT2D eigenvalue weighted by atomic mass is 9.94. The molecule has 0 bridgehead atoms. The van der Waals surface area contributed by atoms with E-state index in [9.17, 15) is 5.11 Å². The third-order valence-electron chi connectivity index (χ3n) is 3.64. The molecule has 0 saturated carbocycles. The zero-order chi connectivity index (χ0) is 14.5. The van der Waals surface area contributed by atoms with Crippen LogP contribution in [0.15, 0.2) is 18.2 Å². The van der Waals surface area contributed by atoms with Gasteiger partial charge in [-0.3, -0.25) is 0 Å². The Hall–Kier alpha value is -0.860. The van der Waals surface area contributed by atoms with Gasteiger partial charge in [-0.2, -0.15) is 0 Å². The molecular weight excluding hydrogens is 234 g/mol. The lowest BCUT2D eigenvalue weighted by Crippen LogP contribution is -2.33. The van der Waals surface area contributed by atoms with Gasteiger partial charge in [0.25, 0.3) is 0 Å². The lowest BCUT2D eigenvalue weighted by molar-refractivity contribution is 0.157. The van der Waals surface area contributed by atoms with E-state index in [0.717, 1.165) is 19.5 Å². The first-order chi connectivity index (χ1) is 8.85. The van der Waals surface area contributed by atoms with Gasteiger partial charge >= 0.3 is 0 Å². The lowest BCUT2D eigenvalue weighted by Gasteiger charge is -2.22. The third-order valence-corrected chi connectivity index (χ3v) is 3.64. The quantitative estimate of drug-likeness (QED) is 0.740. The van der Waals surface area contributed by atoms with Crippen molar-refractivity contribution in [3.05, 3.63) is 34.9 Å². The van der Waals surface area contributed by atoms with Crippen molar-refractivity contribution < 1.29 is 5.11 Å². The van der Waals surface area contributed by atoms with E-state index < -0.39 is 0 Å². The summed E-state index contributed by atoms with van der Waals surface area (Å²) in [7, 11) is 0. The molecule has 0 aliphatic heterocycles. The molecule has 19 heavy (non-hydrogen) atoms. The molecule has 2 heteroatoms. The zero-order valence-corrected chi connectivity index (χ0v) is 13.1. The Labute approximate surface area is 118 Å². The Balaban J connectivity index is 2.51. The maximum atomic E-state index is 9.21. The Morgan fingerprint density at radius 1 is 1.26 bits per heavy atom. The number of rotatable bonds is 7. The number of aliphatic hydroxyl groups is 1. The molecule has 0 aliphatic carbocycles. The summed E-state index contributed by atoms with van der Waals surface area (Å²) in [6.07, 6.45) is 1.05. The number of aliphatic hydroxyl groups excluding tert-OH is 1. The van der Waals surface area contributed by atoms with Crippen molar-refractivity contribution in [2.75, 3.05) is 19.7 Å². The summed E-state index contributed by atoms with van der Waals surface area (Å²) < 4.78 is 0. The van der Waals surface area contributed by atoms with Crippen LogP contribution in [-0.2, 0) is 6.42 Å². The van der Waals surface area contributed by atoms with Crippen LogP contribution in [0, 0.1) is 12.3 Å². The molecule has 0 heterocycles. The van der Waals surface area contributed by atoms with Crippen LogP contribution in [0.5, 0.6) is 0 Å². The van der Waals surface area contributed by atoms with Crippen molar-refractivity contribution in [1.82, 2.24) is 5.32 Å². The summed E-state index contributed by atoms with van der Waals surface area (Å²) in [6, 6.07) is 6.78. The highest BCUT2D eigenvalue weighted by Gasteiger charge is 2.15. The molecule has 0 aliphatic rings. The fourth-order valence-electron chi connectivity index (χ4n) is 2.03. The zero-order valence-electron chi connectivity index (χ0n) is 13.1. The standard InChI is InChI=1S/C17H29NO/c1-13(2)15-7-6-14(3)16(10-15)8-9-18-11-17(4,5)12-19/h6-7,10,13,18-19H,8-9,11-12H2,1-5H3. The van der Waals surface area contributed by atoms with Crippen molar-refractivity contribution in [3.8, 4) is 0 Å². The van der Waals surface area contributed by atoms with Crippen LogP contribution >= 0.6 is 0 Å². The summed E-state index contributed by atoms with van der Waals surface area (Å²) in [5.74, 6) is 0.584. The summed E-state index contributed by atoms with van der Waals surface area (Å²) >= 11 is 0. The summed E-state index contributed by atoms with van der Waals surface area (Å²) in [5.41, 5.74) is 4.18. The van der Waals surface area contributed by atoms with E-state index in [4.69, 9.17) is 0 Å². The predicted octanol–water partition coefficient (Wildman–Crippen LogP) is 3.27. The molecule has 0 spiro atoms. The SMILES string of the molecule is Cc1ccc(C(C)C)cc1CCNCC(C)(C)CO. The highest BCUT2D eigenvalue weighted by molar-refractivity contribution is 5.32. The fraction of sp³-hybridized carbons (Fsp3) is 0.647. The smallest absolute Gasteiger partial charge is 0.0494 e. The van der Waals surface area contributed by atoms with Crippen molar-refractivity contribution >= 4 is 0 Å². The predicted molar refractivity (Wildman–Crippen MR) is 82.7 cm³/mol. The maximum absolute atomic E-state index is 9.21. The van der Waals surface area contributed by atoms with E-state index in [1.54, 1.807) is 0 Å². The van der Waals surface area contributed by atoms with Crippen molar-refractivity contribution in [2.24, 2.45) is 5.41 Å². The van der Waals surface area contributed by atoms with Gasteiger partial charge < -0.3 is 10.4 Å². The van der Waals surface area contributed by atoms with Gasteiger partial charge in [0.15, 0.2) is 0 Å². The van der Waals surface area contributed by atoms with E-state index in [-0.39, 0.29) is 12.0 Å². The molecule has 0 unspecified atom stereocenters.